The smallest absolute Gasteiger partial charge is 0.327 e. The Bertz CT molecular complexity index is 301. The number of aromatic nitrogens is 2. The van der Waals surface area contributed by atoms with Gasteiger partial charge in [-0.3, -0.25) is 9.48 Å². The second-order valence-corrected chi connectivity index (χ2v) is 3.64. The predicted molar refractivity (Wildman–Crippen MR) is 56.0 cm³/mol. The molecule has 0 saturated heterocycles. The number of ether oxygens (including phenoxy) is 1. The summed E-state index contributed by atoms with van der Waals surface area (Å²) in [4.78, 5) is 11.2. The molecule has 78 valence electrons. The molecule has 0 aromatic carbocycles. The van der Waals surface area contributed by atoms with Crippen LogP contribution in [0.1, 0.15) is 0 Å². The highest BCUT2D eigenvalue weighted by atomic mass is 32.2. The predicted octanol–water partition coefficient (Wildman–Crippen LogP) is 0.372. The van der Waals surface area contributed by atoms with Gasteiger partial charge in [0.25, 0.3) is 0 Å². The molecule has 2 N–H and O–H groups in total. The molecule has 0 bridgehead atoms. The monoisotopic (exact) mass is 215 g/mol. The molecule has 1 aromatic heterocycles. The van der Waals surface area contributed by atoms with Gasteiger partial charge >= 0.3 is 5.97 Å². The Labute approximate surface area is 86.6 Å². The summed E-state index contributed by atoms with van der Waals surface area (Å²) >= 11 is 1.63. The van der Waals surface area contributed by atoms with Crippen molar-refractivity contribution in [2.75, 3.05) is 24.3 Å². The maximum atomic E-state index is 11.2. The summed E-state index contributed by atoms with van der Waals surface area (Å²) in [7, 11) is 0. The zero-order valence-electron chi connectivity index (χ0n) is 7.97. The first-order valence-corrected chi connectivity index (χ1v) is 5.55. The highest BCUT2D eigenvalue weighted by Crippen LogP contribution is 1.97. The van der Waals surface area contributed by atoms with E-state index in [1.807, 2.05) is 6.26 Å². The topological polar surface area (TPSA) is 70.1 Å². The minimum absolute atomic E-state index is 0.117. The van der Waals surface area contributed by atoms with Gasteiger partial charge in [-0.2, -0.15) is 16.9 Å². The van der Waals surface area contributed by atoms with E-state index in [-0.39, 0.29) is 12.5 Å². The standard InChI is InChI=1S/C8H13N3O2S/c1-14-5-4-13-8(12)6-11-3-2-7(9)10-11/h2-3H,4-6H2,1H3,(H2,9,10). The molecule has 1 rings (SSSR count). The third-order valence-corrected chi connectivity index (χ3v) is 2.08. The molecule has 0 saturated carbocycles. The number of carbonyl (C=O) groups excluding carboxylic acids is 1. The van der Waals surface area contributed by atoms with Gasteiger partial charge in [0.05, 0.1) is 0 Å². The van der Waals surface area contributed by atoms with Gasteiger partial charge in [0.15, 0.2) is 0 Å². The van der Waals surface area contributed by atoms with Crippen molar-refractivity contribution in [2.24, 2.45) is 0 Å². The fourth-order valence-electron chi connectivity index (χ4n) is 0.882. The molecule has 1 heterocycles. The minimum Gasteiger partial charge on any atom is -0.463 e. The van der Waals surface area contributed by atoms with E-state index in [0.717, 1.165) is 5.75 Å². The lowest BCUT2D eigenvalue weighted by Gasteiger charge is -2.03. The van der Waals surface area contributed by atoms with Gasteiger partial charge in [-0.25, -0.2) is 0 Å². The molecule has 1 aromatic rings. The van der Waals surface area contributed by atoms with Crippen LogP contribution in [-0.4, -0.2) is 34.4 Å². The molecule has 6 heteroatoms. The summed E-state index contributed by atoms with van der Waals surface area (Å²) in [5.41, 5.74) is 5.39. The van der Waals surface area contributed by atoms with Gasteiger partial charge < -0.3 is 10.5 Å². The Kier molecular flexibility index (Phi) is 4.31. The molecule has 0 aliphatic rings. The van der Waals surface area contributed by atoms with Crippen LogP contribution in [0.5, 0.6) is 0 Å². The first kappa shape index (κ1) is 10.9. The maximum Gasteiger partial charge on any atom is 0.327 e. The van der Waals surface area contributed by atoms with Crippen LogP contribution in [0.15, 0.2) is 12.3 Å². The Morgan fingerprint density at radius 2 is 2.57 bits per heavy atom. The Hall–Kier alpha value is -1.17. The van der Waals surface area contributed by atoms with Crippen molar-refractivity contribution in [3.05, 3.63) is 12.3 Å². The number of thioether (sulfide) groups is 1. The second kappa shape index (κ2) is 5.54. The third-order valence-electron chi connectivity index (χ3n) is 1.50. The number of rotatable bonds is 5. The summed E-state index contributed by atoms with van der Waals surface area (Å²) in [6.07, 6.45) is 3.60. The van der Waals surface area contributed by atoms with E-state index in [2.05, 4.69) is 5.10 Å². The quantitative estimate of drug-likeness (QED) is 0.567. The highest BCUT2D eigenvalue weighted by Gasteiger charge is 2.04. The number of anilines is 1. The fourth-order valence-corrected chi connectivity index (χ4v) is 1.13. The van der Waals surface area contributed by atoms with Crippen LogP contribution in [0.3, 0.4) is 0 Å². The number of carbonyl (C=O) groups is 1. The highest BCUT2D eigenvalue weighted by molar-refractivity contribution is 7.98. The van der Waals surface area contributed by atoms with Gasteiger partial charge in [0, 0.05) is 11.9 Å². The molecule has 0 radical (unpaired) electrons. The molecule has 0 spiro atoms. The molecule has 0 atom stereocenters. The largest absolute Gasteiger partial charge is 0.463 e. The fraction of sp³-hybridized carbons (Fsp3) is 0.500. The Balaban J connectivity index is 2.27. The summed E-state index contributed by atoms with van der Waals surface area (Å²) in [5, 5.41) is 3.87. The van der Waals surface area contributed by atoms with E-state index in [0.29, 0.717) is 12.4 Å². The number of nitrogens with two attached hydrogens (primary N) is 1. The number of esters is 1. The second-order valence-electron chi connectivity index (χ2n) is 2.65. The molecule has 5 nitrogen and oxygen atoms in total. The summed E-state index contributed by atoms with van der Waals surface area (Å²) in [5.74, 6) is 0.927. The zero-order valence-corrected chi connectivity index (χ0v) is 8.79. The molecular weight excluding hydrogens is 202 g/mol. The summed E-state index contributed by atoms with van der Waals surface area (Å²) in [6.45, 7) is 0.558. The normalized spacial score (nSPS) is 10.1. The van der Waals surface area contributed by atoms with E-state index < -0.39 is 0 Å². The Morgan fingerprint density at radius 3 is 3.14 bits per heavy atom. The van der Waals surface area contributed by atoms with Crippen LogP contribution in [0.25, 0.3) is 0 Å². The van der Waals surface area contributed by atoms with E-state index in [9.17, 15) is 4.79 Å². The lowest BCUT2D eigenvalue weighted by Crippen LogP contribution is -2.15. The van der Waals surface area contributed by atoms with Crippen molar-refractivity contribution in [1.82, 2.24) is 9.78 Å². The van der Waals surface area contributed by atoms with Crippen LogP contribution in [-0.2, 0) is 16.1 Å². The number of nitrogens with zero attached hydrogens (tertiary/aromatic N) is 2. The molecule has 0 aliphatic carbocycles. The van der Waals surface area contributed by atoms with Crippen molar-refractivity contribution in [2.45, 2.75) is 6.54 Å². The van der Waals surface area contributed by atoms with Crippen molar-refractivity contribution in [1.29, 1.82) is 0 Å². The average Bonchev–Trinajstić information content (AvgIpc) is 2.52. The van der Waals surface area contributed by atoms with Crippen LogP contribution < -0.4 is 5.73 Å². The van der Waals surface area contributed by atoms with Crippen molar-refractivity contribution < 1.29 is 9.53 Å². The SMILES string of the molecule is CSCCOC(=O)Cn1ccc(N)n1. The van der Waals surface area contributed by atoms with Gasteiger partial charge in [-0.15, -0.1) is 0 Å². The average molecular weight is 215 g/mol. The lowest BCUT2D eigenvalue weighted by molar-refractivity contribution is -0.143. The molecule has 0 aliphatic heterocycles. The van der Waals surface area contributed by atoms with Crippen LogP contribution in [0.2, 0.25) is 0 Å². The van der Waals surface area contributed by atoms with E-state index in [1.165, 1.54) is 4.68 Å². The van der Waals surface area contributed by atoms with Crippen LogP contribution >= 0.6 is 11.8 Å². The summed E-state index contributed by atoms with van der Waals surface area (Å²) in [6, 6.07) is 1.63. The first-order valence-electron chi connectivity index (χ1n) is 4.16. The summed E-state index contributed by atoms with van der Waals surface area (Å²) < 4.78 is 6.39. The van der Waals surface area contributed by atoms with Crippen LogP contribution in [0, 0.1) is 0 Å². The number of nitrogen functional groups attached to an aromatic ring is 1. The molecule has 0 unspecified atom stereocenters. The number of hydrogen-bond donors (Lipinski definition) is 1. The maximum absolute atomic E-state index is 11.2. The van der Waals surface area contributed by atoms with Gasteiger partial charge in [-0.05, 0) is 12.3 Å². The molecular formula is C8H13N3O2S. The van der Waals surface area contributed by atoms with Crippen molar-refractivity contribution >= 4 is 23.5 Å². The van der Waals surface area contributed by atoms with Gasteiger partial charge in [-0.1, -0.05) is 0 Å². The molecule has 0 fully saturated rings. The van der Waals surface area contributed by atoms with E-state index in [4.69, 9.17) is 10.5 Å². The van der Waals surface area contributed by atoms with Crippen molar-refractivity contribution in [3.8, 4) is 0 Å². The molecule has 14 heavy (non-hydrogen) atoms. The Morgan fingerprint density at radius 1 is 1.79 bits per heavy atom. The van der Waals surface area contributed by atoms with E-state index >= 15 is 0 Å². The van der Waals surface area contributed by atoms with Crippen LogP contribution in [0.4, 0.5) is 5.82 Å². The first-order chi connectivity index (χ1) is 6.72. The third kappa shape index (κ3) is 3.69. The van der Waals surface area contributed by atoms with Crippen molar-refractivity contribution in [3.63, 3.8) is 0 Å². The lowest BCUT2D eigenvalue weighted by atomic mass is 10.6. The molecule has 0 amide bonds. The zero-order chi connectivity index (χ0) is 10.4. The van der Waals surface area contributed by atoms with E-state index in [1.54, 1.807) is 24.0 Å². The van der Waals surface area contributed by atoms with Gasteiger partial charge in [0.2, 0.25) is 0 Å². The minimum atomic E-state index is -0.290. The number of hydrogen-bond acceptors (Lipinski definition) is 5. The van der Waals surface area contributed by atoms with Gasteiger partial charge in [0.1, 0.15) is 19.0 Å².